The molecule has 29 heavy (non-hydrogen) atoms. The van der Waals surface area contributed by atoms with Gasteiger partial charge in [-0.1, -0.05) is 30.3 Å². The van der Waals surface area contributed by atoms with E-state index in [1.165, 1.54) is 11.6 Å². The van der Waals surface area contributed by atoms with Crippen molar-refractivity contribution in [3.05, 3.63) is 82.9 Å². The Morgan fingerprint density at radius 1 is 1.14 bits per heavy atom. The number of amides is 1. The number of likely N-dealkylation sites (tertiary alicyclic amines) is 1. The highest BCUT2D eigenvalue weighted by molar-refractivity contribution is 5.94. The predicted molar refractivity (Wildman–Crippen MR) is 111 cm³/mol. The number of hydrogen-bond acceptors (Lipinski definition) is 3. The topological polar surface area (TPSA) is 64.2 Å². The normalized spacial score (nSPS) is 19.0. The smallest absolute Gasteiger partial charge is 0.253 e. The zero-order valence-corrected chi connectivity index (χ0v) is 16.7. The molecule has 1 saturated heterocycles. The van der Waals surface area contributed by atoms with Crippen molar-refractivity contribution in [2.75, 3.05) is 19.6 Å². The summed E-state index contributed by atoms with van der Waals surface area (Å²) in [6.45, 7) is 5.42. The first-order valence-electron chi connectivity index (χ1n) is 9.85. The molecule has 0 bridgehead atoms. The maximum atomic E-state index is 14.8. The third kappa shape index (κ3) is 3.68. The number of halogens is 1. The number of carbonyl (C=O) groups excluding carboxylic acids is 1. The van der Waals surface area contributed by atoms with Gasteiger partial charge >= 0.3 is 0 Å². The molecule has 6 heteroatoms. The van der Waals surface area contributed by atoms with Gasteiger partial charge in [-0.25, -0.2) is 9.07 Å². The maximum absolute atomic E-state index is 14.8. The first-order valence-corrected chi connectivity index (χ1v) is 9.85. The summed E-state index contributed by atoms with van der Waals surface area (Å²) in [5, 5.41) is 4.33. The molecule has 4 rings (SSSR count). The van der Waals surface area contributed by atoms with E-state index >= 15 is 0 Å². The lowest BCUT2D eigenvalue weighted by Crippen LogP contribution is -2.30. The van der Waals surface area contributed by atoms with Crippen LogP contribution < -0.4 is 5.73 Å². The Morgan fingerprint density at radius 2 is 1.90 bits per heavy atom. The summed E-state index contributed by atoms with van der Waals surface area (Å²) in [6.07, 6.45) is 0. The van der Waals surface area contributed by atoms with Crippen molar-refractivity contribution < 1.29 is 9.18 Å². The molecular formula is C23H25FN4O. The van der Waals surface area contributed by atoms with Crippen molar-refractivity contribution in [1.29, 1.82) is 0 Å². The average Bonchev–Trinajstić information content (AvgIpc) is 3.30. The van der Waals surface area contributed by atoms with Crippen LogP contribution in [-0.4, -0.2) is 40.2 Å². The number of aromatic nitrogens is 2. The Kier molecular flexibility index (Phi) is 5.20. The van der Waals surface area contributed by atoms with Crippen molar-refractivity contribution in [1.82, 2.24) is 14.7 Å². The molecule has 2 N–H and O–H groups in total. The van der Waals surface area contributed by atoms with Crippen LogP contribution in [0.3, 0.4) is 0 Å². The van der Waals surface area contributed by atoms with E-state index in [9.17, 15) is 9.18 Å². The number of nitrogens with zero attached hydrogens (tertiary/aromatic N) is 3. The van der Waals surface area contributed by atoms with Crippen LogP contribution >= 0.6 is 0 Å². The van der Waals surface area contributed by atoms with E-state index in [-0.39, 0.29) is 17.7 Å². The summed E-state index contributed by atoms with van der Waals surface area (Å²) in [5.74, 6) is -0.235. The second kappa shape index (κ2) is 7.79. The lowest BCUT2D eigenvalue weighted by molar-refractivity contribution is 0.0786. The predicted octanol–water partition coefficient (Wildman–Crippen LogP) is 3.44. The first kappa shape index (κ1) is 19.3. The van der Waals surface area contributed by atoms with E-state index in [0.717, 1.165) is 11.4 Å². The summed E-state index contributed by atoms with van der Waals surface area (Å²) in [7, 11) is 0. The van der Waals surface area contributed by atoms with Crippen molar-refractivity contribution in [2.24, 2.45) is 11.7 Å². The molecule has 150 valence electrons. The van der Waals surface area contributed by atoms with Crippen LogP contribution in [0.15, 0.2) is 54.6 Å². The summed E-state index contributed by atoms with van der Waals surface area (Å²) < 4.78 is 16.4. The van der Waals surface area contributed by atoms with Crippen LogP contribution in [-0.2, 0) is 0 Å². The van der Waals surface area contributed by atoms with Crippen LogP contribution in [0.25, 0.3) is 5.69 Å². The molecule has 1 fully saturated rings. The van der Waals surface area contributed by atoms with E-state index < -0.39 is 5.82 Å². The average molecular weight is 392 g/mol. The van der Waals surface area contributed by atoms with Gasteiger partial charge in [-0.15, -0.1) is 0 Å². The lowest BCUT2D eigenvalue weighted by atomic mass is 9.89. The second-order valence-corrected chi connectivity index (χ2v) is 7.73. The molecule has 3 aromatic rings. The highest BCUT2D eigenvalue weighted by Gasteiger charge is 2.35. The summed E-state index contributed by atoms with van der Waals surface area (Å²) in [6, 6.07) is 16.6. The van der Waals surface area contributed by atoms with Gasteiger partial charge < -0.3 is 10.6 Å². The number of rotatable bonds is 4. The van der Waals surface area contributed by atoms with E-state index in [0.29, 0.717) is 30.9 Å². The molecule has 2 heterocycles. The Bertz CT molecular complexity index is 1030. The van der Waals surface area contributed by atoms with E-state index in [1.54, 1.807) is 21.7 Å². The lowest BCUT2D eigenvalue weighted by Gasteiger charge is -2.17. The number of carbonyl (C=O) groups is 1. The molecule has 0 spiro atoms. The summed E-state index contributed by atoms with van der Waals surface area (Å²) in [5.41, 5.74) is 9.51. The molecule has 1 amide bonds. The van der Waals surface area contributed by atoms with Gasteiger partial charge in [-0.3, -0.25) is 4.79 Å². The van der Waals surface area contributed by atoms with Crippen molar-refractivity contribution >= 4 is 5.91 Å². The fraction of sp³-hybridized carbons (Fsp3) is 0.304. The van der Waals surface area contributed by atoms with Gasteiger partial charge in [0, 0.05) is 30.3 Å². The Hall–Kier alpha value is -2.99. The van der Waals surface area contributed by atoms with Crippen LogP contribution in [0.1, 0.15) is 33.2 Å². The van der Waals surface area contributed by atoms with Gasteiger partial charge in [0.15, 0.2) is 0 Å². The Balaban J connectivity index is 1.57. The third-order valence-electron chi connectivity index (χ3n) is 5.69. The van der Waals surface area contributed by atoms with Gasteiger partial charge in [0.25, 0.3) is 5.91 Å². The van der Waals surface area contributed by atoms with Gasteiger partial charge in [0.05, 0.1) is 5.69 Å². The summed E-state index contributed by atoms with van der Waals surface area (Å²) in [4.78, 5) is 14.8. The maximum Gasteiger partial charge on any atom is 0.253 e. The van der Waals surface area contributed by atoms with Crippen LogP contribution in [0.2, 0.25) is 0 Å². The largest absolute Gasteiger partial charge is 0.338 e. The quantitative estimate of drug-likeness (QED) is 0.740. The molecule has 1 aromatic heterocycles. The molecular weight excluding hydrogens is 367 g/mol. The zero-order valence-electron chi connectivity index (χ0n) is 16.7. The van der Waals surface area contributed by atoms with Crippen LogP contribution in [0.5, 0.6) is 0 Å². The third-order valence-corrected chi connectivity index (χ3v) is 5.69. The van der Waals surface area contributed by atoms with Crippen molar-refractivity contribution in [3.8, 4) is 5.69 Å². The molecule has 2 atom stereocenters. The van der Waals surface area contributed by atoms with E-state index in [4.69, 9.17) is 5.73 Å². The molecule has 2 aromatic carbocycles. The molecule has 1 aliphatic heterocycles. The zero-order chi connectivity index (χ0) is 20.5. The van der Waals surface area contributed by atoms with Crippen molar-refractivity contribution in [3.63, 3.8) is 0 Å². The van der Waals surface area contributed by atoms with Crippen LogP contribution in [0, 0.1) is 25.6 Å². The fourth-order valence-corrected chi connectivity index (χ4v) is 4.22. The van der Waals surface area contributed by atoms with Gasteiger partial charge in [0.2, 0.25) is 0 Å². The number of hydrogen-bond donors (Lipinski definition) is 1. The second-order valence-electron chi connectivity index (χ2n) is 7.73. The molecule has 0 unspecified atom stereocenters. The monoisotopic (exact) mass is 392 g/mol. The molecule has 0 radical (unpaired) electrons. The first-order chi connectivity index (χ1) is 14.0. The fourth-order valence-electron chi connectivity index (χ4n) is 4.22. The van der Waals surface area contributed by atoms with E-state index in [2.05, 4.69) is 17.2 Å². The Morgan fingerprint density at radius 3 is 2.52 bits per heavy atom. The minimum absolute atomic E-state index is 0.166. The molecule has 5 nitrogen and oxygen atoms in total. The molecule has 1 aliphatic rings. The van der Waals surface area contributed by atoms with Gasteiger partial charge in [-0.2, -0.15) is 5.10 Å². The number of nitrogens with two attached hydrogens (primary N) is 1. The van der Waals surface area contributed by atoms with Crippen molar-refractivity contribution in [2.45, 2.75) is 19.8 Å². The van der Waals surface area contributed by atoms with Gasteiger partial charge in [-0.05, 0) is 56.1 Å². The SMILES string of the molecule is Cc1cc(C)n(-c2ccc(C(=O)N3C[C@@H](CN)[C@H](c4ccccc4)C3)cc2F)n1. The standard InChI is InChI=1S/C23H25FN4O/c1-15-10-16(2)28(26-15)22-9-8-18(11-21(22)24)23(29)27-13-19(12-25)20(14-27)17-6-4-3-5-7-17/h3-11,19-20H,12-14,25H2,1-2H3/t19-,20+/m1/s1. The highest BCUT2D eigenvalue weighted by atomic mass is 19.1. The minimum Gasteiger partial charge on any atom is -0.338 e. The van der Waals surface area contributed by atoms with E-state index in [1.807, 2.05) is 38.1 Å². The summed E-state index contributed by atoms with van der Waals surface area (Å²) >= 11 is 0. The number of benzene rings is 2. The molecule has 0 aliphatic carbocycles. The Labute approximate surface area is 169 Å². The minimum atomic E-state index is -0.462. The molecule has 0 saturated carbocycles. The highest BCUT2D eigenvalue weighted by Crippen LogP contribution is 2.33. The van der Waals surface area contributed by atoms with Crippen LogP contribution in [0.4, 0.5) is 4.39 Å². The number of aryl methyl sites for hydroxylation is 2. The van der Waals surface area contributed by atoms with Gasteiger partial charge in [0.1, 0.15) is 11.5 Å².